The first-order chi connectivity index (χ1) is 9.87. The van der Waals surface area contributed by atoms with Crippen LogP contribution in [0.4, 0.5) is 5.69 Å². The summed E-state index contributed by atoms with van der Waals surface area (Å²) in [4.78, 5) is 15.4. The Kier molecular flexibility index (Phi) is 3.96. The van der Waals surface area contributed by atoms with Crippen LogP contribution in [-0.4, -0.2) is 34.4 Å². The van der Waals surface area contributed by atoms with Gasteiger partial charge < -0.3 is 10.6 Å². The summed E-state index contributed by atoms with van der Waals surface area (Å²) in [5.41, 5.74) is 6.83. The molecule has 0 radical (unpaired) electrons. The lowest BCUT2D eigenvalue weighted by Gasteiger charge is -2.37. The molecule has 0 unspecified atom stereocenters. The van der Waals surface area contributed by atoms with E-state index in [9.17, 15) is 4.79 Å². The third-order valence-electron chi connectivity index (χ3n) is 3.60. The molecule has 1 aliphatic rings. The highest BCUT2D eigenvalue weighted by molar-refractivity contribution is 9.10. The van der Waals surface area contributed by atoms with E-state index in [4.69, 9.17) is 5.73 Å². The van der Waals surface area contributed by atoms with E-state index in [1.54, 1.807) is 0 Å². The molecule has 1 aliphatic heterocycles. The van der Waals surface area contributed by atoms with Crippen molar-refractivity contribution >= 4 is 60.7 Å². The second-order valence-electron chi connectivity index (χ2n) is 5.82. The lowest BCUT2D eigenvalue weighted by Crippen LogP contribution is -2.46. The molecule has 0 atom stereocenters. The van der Waals surface area contributed by atoms with Gasteiger partial charge >= 0.3 is 0 Å². The van der Waals surface area contributed by atoms with Gasteiger partial charge in [0.1, 0.15) is 4.88 Å². The van der Waals surface area contributed by atoms with E-state index in [-0.39, 0.29) is 10.7 Å². The van der Waals surface area contributed by atoms with E-state index < -0.39 is 0 Å². The van der Waals surface area contributed by atoms with Crippen molar-refractivity contribution in [3.8, 4) is 0 Å². The highest BCUT2D eigenvalue weighted by Crippen LogP contribution is 2.37. The van der Waals surface area contributed by atoms with E-state index in [0.717, 1.165) is 33.4 Å². The van der Waals surface area contributed by atoms with E-state index in [0.29, 0.717) is 10.6 Å². The molecule has 0 spiro atoms. The summed E-state index contributed by atoms with van der Waals surface area (Å²) >= 11 is 6.87. The normalized spacial score (nSPS) is 18.1. The first-order valence-corrected chi connectivity index (χ1v) is 9.38. The van der Waals surface area contributed by atoms with Crippen LogP contribution in [0.25, 0.3) is 10.1 Å². The van der Waals surface area contributed by atoms with Gasteiger partial charge in [0.15, 0.2) is 0 Å². The molecule has 21 heavy (non-hydrogen) atoms. The summed E-state index contributed by atoms with van der Waals surface area (Å²) < 4.78 is 2.15. The second kappa shape index (κ2) is 5.48. The average Bonchev–Trinajstić information content (AvgIpc) is 2.74. The van der Waals surface area contributed by atoms with Crippen molar-refractivity contribution in [2.24, 2.45) is 0 Å². The van der Waals surface area contributed by atoms with Gasteiger partial charge in [-0.1, -0.05) is 15.9 Å². The number of anilines is 1. The minimum absolute atomic E-state index is 0.0678. The number of hydrogen-bond acceptors (Lipinski definition) is 4. The van der Waals surface area contributed by atoms with Gasteiger partial charge in [0, 0.05) is 38.1 Å². The molecule has 6 heteroatoms. The zero-order valence-electron chi connectivity index (χ0n) is 12.0. The maximum Gasteiger partial charge on any atom is 0.266 e. The quantitative estimate of drug-likeness (QED) is 0.800. The van der Waals surface area contributed by atoms with Crippen molar-refractivity contribution in [3.05, 3.63) is 27.5 Å². The maximum absolute atomic E-state index is 12.8. The van der Waals surface area contributed by atoms with Gasteiger partial charge in [-0.15, -0.1) is 11.3 Å². The molecule has 0 bridgehead atoms. The summed E-state index contributed by atoms with van der Waals surface area (Å²) in [6.45, 7) is 5.93. The van der Waals surface area contributed by atoms with Gasteiger partial charge in [0.2, 0.25) is 0 Å². The fourth-order valence-electron chi connectivity index (χ4n) is 2.58. The van der Waals surface area contributed by atoms with Crippen LogP contribution in [0.5, 0.6) is 0 Å². The molecule has 1 fully saturated rings. The molecule has 2 heterocycles. The van der Waals surface area contributed by atoms with Gasteiger partial charge in [0.05, 0.1) is 5.69 Å². The van der Waals surface area contributed by atoms with E-state index >= 15 is 0 Å². The molecule has 3 rings (SSSR count). The average molecular weight is 385 g/mol. The standard InChI is InChI=1S/C15H17BrN2OS2/c1-15(2)8-18(5-6-20-15)14(19)13-12(17)10-7-9(16)3-4-11(10)21-13/h3-4,7H,5-6,8,17H2,1-2H3. The predicted octanol–water partition coefficient (Wildman–Crippen LogP) is 4.21. The first-order valence-electron chi connectivity index (χ1n) is 6.78. The number of amides is 1. The zero-order chi connectivity index (χ0) is 15.2. The van der Waals surface area contributed by atoms with Crippen LogP contribution < -0.4 is 5.73 Å². The number of nitrogens with two attached hydrogens (primary N) is 1. The Morgan fingerprint density at radius 1 is 1.43 bits per heavy atom. The predicted molar refractivity (Wildman–Crippen MR) is 96.4 cm³/mol. The minimum Gasteiger partial charge on any atom is -0.397 e. The number of fused-ring (bicyclic) bond motifs is 1. The lowest BCUT2D eigenvalue weighted by molar-refractivity contribution is 0.0754. The number of thiophene rings is 1. The Morgan fingerprint density at radius 3 is 2.90 bits per heavy atom. The molecule has 112 valence electrons. The summed E-state index contributed by atoms with van der Waals surface area (Å²) in [7, 11) is 0. The highest BCUT2D eigenvalue weighted by atomic mass is 79.9. The van der Waals surface area contributed by atoms with Crippen LogP contribution in [0, 0.1) is 0 Å². The summed E-state index contributed by atoms with van der Waals surface area (Å²) in [6.07, 6.45) is 0. The fraction of sp³-hybridized carbons (Fsp3) is 0.400. The number of benzene rings is 1. The largest absolute Gasteiger partial charge is 0.397 e. The van der Waals surface area contributed by atoms with Crippen molar-refractivity contribution in [1.82, 2.24) is 4.90 Å². The van der Waals surface area contributed by atoms with Crippen molar-refractivity contribution in [3.63, 3.8) is 0 Å². The van der Waals surface area contributed by atoms with Gasteiger partial charge in [-0.25, -0.2) is 0 Å². The maximum atomic E-state index is 12.8. The lowest BCUT2D eigenvalue weighted by atomic mass is 10.1. The smallest absolute Gasteiger partial charge is 0.266 e. The number of nitrogen functional groups attached to an aromatic ring is 1. The van der Waals surface area contributed by atoms with E-state index in [2.05, 4.69) is 29.8 Å². The van der Waals surface area contributed by atoms with Crippen molar-refractivity contribution in [1.29, 1.82) is 0 Å². The Hall–Kier alpha value is -0.720. The Balaban J connectivity index is 1.96. The summed E-state index contributed by atoms with van der Waals surface area (Å²) in [6, 6.07) is 5.97. The molecule has 1 aromatic heterocycles. The van der Waals surface area contributed by atoms with Crippen molar-refractivity contribution < 1.29 is 4.79 Å². The first kappa shape index (κ1) is 15.2. The van der Waals surface area contributed by atoms with Crippen LogP contribution in [0.3, 0.4) is 0 Å². The molecule has 3 nitrogen and oxygen atoms in total. The van der Waals surface area contributed by atoms with Gasteiger partial charge in [-0.05, 0) is 32.0 Å². The Labute approximate surface area is 141 Å². The van der Waals surface area contributed by atoms with Crippen molar-refractivity contribution in [2.45, 2.75) is 18.6 Å². The van der Waals surface area contributed by atoms with Crippen LogP contribution >= 0.6 is 39.0 Å². The molecule has 2 aromatic rings. The Morgan fingerprint density at radius 2 is 2.19 bits per heavy atom. The summed E-state index contributed by atoms with van der Waals surface area (Å²) in [5, 5.41) is 0.961. The second-order valence-corrected chi connectivity index (χ2v) is 9.59. The number of hydrogen-bond donors (Lipinski definition) is 1. The molecular weight excluding hydrogens is 368 g/mol. The number of carbonyl (C=O) groups excluding carboxylic acids is 1. The van der Waals surface area contributed by atoms with E-state index in [1.165, 1.54) is 11.3 Å². The molecule has 0 aliphatic carbocycles. The molecule has 1 amide bonds. The monoisotopic (exact) mass is 384 g/mol. The van der Waals surface area contributed by atoms with Crippen LogP contribution in [0.2, 0.25) is 0 Å². The number of rotatable bonds is 1. The SMILES string of the molecule is CC1(C)CN(C(=O)c2sc3ccc(Br)cc3c2N)CCS1. The van der Waals surface area contributed by atoms with Crippen LogP contribution in [-0.2, 0) is 0 Å². The number of halogens is 1. The number of thioether (sulfide) groups is 1. The van der Waals surface area contributed by atoms with E-state index in [1.807, 2.05) is 34.9 Å². The molecule has 2 N–H and O–H groups in total. The number of nitrogens with zero attached hydrogens (tertiary/aromatic N) is 1. The molecular formula is C15H17BrN2OS2. The molecule has 1 saturated heterocycles. The third kappa shape index (κ3) is 2.94. The van der Waals surface area contributed by atoms with Crippen molar-refractivity contribution in [2.75, 3.05) is 24.6 Å². The van der Waals surface area contributed by atoms with Gasteiger partial charge in [-0.2, -0.15) is 11.8 Å². The third-order valence-corrected chi connectivity index (χ3v) is 6.56. The van der Waals surface area contributed by atoms with Crippen LogP contribution in [0.1, 0.15) is 23.5 Å². The highest BCUT2D eigenvalue weighted by Gasteiger charge is 2.31. The number of carbonyl (C=O) groups is 1. The topological polar surface area (TPSA) is 46.3 Å². The molecule has 1 aromatic carbocycles. The minimum atomic E-state index is 0.0678. The zero-order valence-corrected chi connectivity index (χ0v) is 15.2. The fourth-order valence-corrected chi connectivity index (χ4v) is 5.12. The molecule has 0 saturated carbocycles. The van der Waals surface area contributed by atoms with Gasteiger partial charge in [-0.3, -0.25) is 4.79 Å². The summed E-state index contributed by atoms with van der Waals surface area (Å²) in [5.74, 6) is 1.05. The van der Waals surface area contributed by atoms with Gasteiger partial charge in [0.25, 0.3) is 5.91 Å². The Bertz CT molecular complexity index is 711. The van der Waals surface area contributed by atoms with Crippen LogP contribution in [0.15, 0.2) is 22.7 Å².